The van der Waals surface area contributed by atoms with Gasteiger partial charge in [-0.1, -0.05) is 6.92 Å². The van der Waals surface area contributed by atoms with Crippen LogP contribution in [0.5, 0.6) is 0 Å². The molecule has 0 aliphatic heterocycles. The molecule has 0 radical (unpaired) electrons. The van der Waals surface area contributed by atoms with Crippen molar-refractivity contribution in [3.8, 4) is 0 Å². The summed E-state index contributed by atoms with van der Waals surface area (Å²) < 4.78 is 0. The van der Waals surface area contributed by atoms with Gasteiger partial charge in [0, 0.05) is 18.9 Å². The second kappa shape index (κ2) is 6.24. The van der Waals surface area contributed by atoms with E-state index in [0.717, 1.165) is 25.7 Å². The number of carboxylic acids is 1. The van der Waals surface area contributed by atoms with Crippen molar-refractivity contribution < 1.29 is 19.5 Å². The number of hydrogen-bond donors (Lipinski definition) is 3. The fourth-order valence-electron chi connectivity index (χ4n) is 2.58. The van der Waals surface area contributed by atoms with Crippen molar-refractivity contribution in [2.24, 2.45) is 17.8 Å². The van der Waals surface area contributed by atoms with E-state index in [1.165, 1.54) is 0 Å². The Morgan fingerprint density at radius 2 is 1.65 bits per heavy atom. The first kappa shape index (κ1) is 14.8. The largest absolute Gasteiger partial charge is 0.481 e. The predicted octanol–water partition coefficient (Wildman–Crippen LogP) is 1.50. The lowest BCUT2D eigenvalue weighted by Gasteiger charge is -2.18. The maximum Gasteiger partial charge on any atom is 0.321 e. The molecule has 1 unspecified atom stereocenters. The number of nitrogens with one attached hydrogen (secondary N) is 2. The number of imide groups is 1. The fourth-order valence-corrected chi connectivity index (χ4v) is 2.58. The topological polar surface area (TPSA) is 95.5 Å². The molecule has 6 nitrogen and oxygen atoms in total. The van der Waals surface area contributed by atoms with Gasteiger partial charge >= 0.3 is 12.0 Å². The number of urea groups is 1. The van der Waals surface area contributed by atoms with Crippen LogP contribution in [0.25, 0.3) is 0 Å². The van der Waals surface area contributed by atoms with Crippen molar-refractivity contribution >= 4 is 17.9 Å². The average Bonchev–Trinajstić information content (AvgIpc) is 3.17. The number of rotatable bonds is 7. The molecule has 0 aromatic carbocycles. The Morgan fingerprint density at radius 1 is 1.10 bits per heavy atom. The molecular weight excluding hydrogens is 260 g/mol. The van der Waals surface area contributed by atoms with E-state index in [9.17, 15) is 14.4 Å². The van der Waals surface area contributed by atoms with Crippen LogP contribution in [0.2, 0.25) is 0 Å². The summed E-state index contributed by atoms with van der Waals surface area (Å²) in [6.45, 7) is 1.68. The van der Waals surface area contributed by atoms with E-state index in [-0.39, 0.29) is 24.8 Å². The number of carbonyl (C=O) groups is 3. The number of carboxylic acid groups (broad SMARTS) is 1. The number of aliphatic carboxylic acids is 1. The van der Waals surface area contributed by atoms with Gasteiger partial charge in [-0.25, -0.2) is 4.79 Å². The summed E-state index contributed by atoms with van der Waals surface area (Å²) in [4.78, 5) is 33.9. The maximum atomic E-state index is 11.8. The van der Waals surface area contributed by atoms with Gasteiger partial charge in [0.1, 0.15) is 0 Å². The first-order valence-electron chi connectivity index (χ1n) is 7.28. The molecule has 2 aliphatic carbocycles. The summed E-state index contributed by atoms with van der Waals surface area (Å²) in [7, 11) is 0. The first-order valence-corrected chi connectivity index (χ1v) is 7.28. The van der Waals surface area contributed by atoms with E-state index in [0.29, 0.717) is 11.8 Å². The third kappa shape index (κ3) is 4.83. The Morgan fingerprint density at radius 3 is 2.10 bits per heavy atom. The predicted molar refractivity (Wildman–Crippen MR) is 71.9 cm³/mol. The summed E-state index contributed by atoms with van der Waals surface area (Å²) in [5, 5.41) is 13.8. The molecule has 2 fully saturated rings. The number of carbonyl (C=O) groups excluding carboxylic acids is 2. The first-order chi connectivity index (χ1) is 9.45. The Labute approximate surface area is 118 Å². The van der Waals surface area contributed by atoms with Crippen LogP contribution in [-0.2, 0) is 9.59 Å². The highest BCUT2D eigenvalue weighted by Gasteiger charge is 2.42. The molecule has 3 N–H and O–H groups in total. The van der Waals surface area contributed by atoms with Gasteiger partial charge in [-0.2, -0.15) is 0 Å². The smallest absolute Gasteiger partial charge is 0.321 e. The number of hydrogen-bond acceptors (Lipinski definition) is 3. The lowest BCUT2D eigenvalue weighted by atomic mass is 10.0. The molecule has 0 aromatic rings. The SMILES string of the molecule is CC(CC(=O)O)CC(=O)NC(=O)NC(C1CC1)C1CC1. The zero-order valence-electron chi connectivity index (χ0n) is 11.7. The molecule has 20 heavy (non-hydrogen) atoms. The lowest BCUT2D eigenvalue weighted by molar-refractivity contribution is -0.138. The lowest BCUT2D eigenvalue weighted by Crippen LogP contribution is -2.46. The van der Waals surface area contributed by atoms with Crippen LogP contribution in [0.3, 0.4) is 0 Å². The van der Waals surface area contributed by atoms with Crippen molar-refractivity contribution in [1.82, 2.24) is 10.6 Å². The van der Waals surface area contributed by atoms with Gasteiger partial charge in [0.25, 0.3) is 0 Å². The highest BCUT2D eigenvalue weighted by Crippen LogP contribution is 2.44. The third-order valence-corrected chi connectivity index (χ3v) is 3.87. The molecule has 112 valence electrons. The molecule has 2 rings (SSSR count). The molecular formula is C14H22N2O4. The van der Waals surface area contributed by atoms with Crippen LogP contribution in [0.15, 0.2) is 0 Å². The Bertz CT molecular complexity index is 390. The summed E-state index contributed by atoms with van der Waals surface area (Å²) in [6, 6.07) is -0.236. The highest BCUT2D eigenvalue weighted by molar-refractivity contribution is 5.94. The van der Waals surface area contributed by atoms with Gasteiger partial charge in [0.05, 0.1) is 0 Å². The van der Waals surface area contributed by atoms with Gasteiger partial charge in [0.2, 0.25) is 5.91 Å². The molecule has 2 saturated carbocycles. The molecule has 2 aliphatic rings. The molecule has 0 heterocycles. The van der Waals surface area contributed by atoms with Crippen LogP contribution in [0, 0.1) is 17.8 Å². The van der Waals surface area contributed by atoms with Crippen LogP contribution in [0.1, 0.15) is 45.4 Å². The Hall–Kier alpha value is -1.59. The molecule has 0 spiro atoms. The van der Waals surface area contributed by atoms with Crippen molar-refractivity contribution in [1.29, 1.82) is 0 Å². The van der Waals surface area contributed by atoms with E-state index in [1.54, 1.807) is 6.92 Å². The van der Waals surface area contributed by atoms with E-state index < -0.39 is 17.9 Å². The van der Waals surface area contributed by atoms with E-state index in [2.05, 4.69) is 10.6 Å². The fraction of sp³-hybridized carbons (Fsp3) is 0.786. The summed E-state index contributed by atoms with van der Waals surface area (Å²) >= 11 is 0. The molecule has 0 aromatic heterocycles. The molecule has 0 bridgehead atoms. The van der Waals surface area contributed by atoms with Crippen molar-refractivity contribution in [2.75, 3.05) is 0 Å². The maximum absolute atomic E-state index is 11.8. The van der Waals surface area contributed by atoms with Crippen molar-refractivity contribution in [2.45, 2.75) is 51.5 Å². The summed E-state index contributed by atoms with van der Waals surface area (Å²) in [5.74, 6) is -0.467. The van der Waals surface area contributed by atoms with Crippen LogP contribution in [0.4, 0.5) is 4.79 Å². The summed E-state index contributed by atoms with van der Waals surface area (Å²) in [5.41, 5.74) is 0. The van der Waals surface area contributed by atoms with Crippen LogP contribution in [-0.4, -0.2) is 29.1 Å². The minimum Gasteiger partial charge on any atom is -0.481 e. The van der Waals surface area contributed by atoms with Gasteiger partial charge < -0.3 is 10.4 Å². The molecule has 3 amide bonds. The van der Waals surface area contributed by atoms with Crippen molar-refractivity contribution in [3.05, 3.63) is 0 Å². The Balaban J connectivity index is 1.70. The van der Waals surface area contributed by atoms with E-state index in [1.807, 2.05) is 0 Å². The summed E-state index contributed by atoms with van der Waals surface area (Å²) in [6.07, 6.45) is 4.62. The zero-order chi connectivity index (χ0) is 14.7. The quantitative estimate of drug-likeness (QED) is 0.659. The van der Waals surface area contributed by atoms with Crippen LogP contribution < -0.4 is 10.6 Å². The van der Waals surface area contributed by atoms with E-state index >= 15 is 0 Å². The van der Waals surface area contributed by atoms with Crippen molar-refractivity contribution in [3.63, 3.8) is 0 Å². The van der Waals surface area contributed by atoms with E-state index in [4.69, 9.17) is 5.11 Å². The normalized spacial score (nSPS) is 19.5. The average molecular weight is 282 g/mol. The molecule has 1 atom stereocenters. The van der Waals surface area contributed by atoms with Gasteiger partial charge in [-0.3, -0.25) is 14.9 Å². The minimum absolute atomic E-state index is 0.0528. The van der Waals surface area contributed by atoms with Crippen LogP contribution >= 0.6 is 0 Å². The number of amides is 3. The highest BCUT2D eigenvalue weighted by atomic mass is 16.4. The second-order valence-electron chi connectivity index (χ2n) is 6.13. The second-order valence-corrected chi connectivity index (χ2v) is 6.13. The van der Waals surface area contributed by atoms with Gasteiger partial charge in [-0.05, 0) is 43.4 Å². The standard InChI is InChI=1S/C14H22N2O4/c1-8(7-12(18)19)6-11(17)15-14(20)16-13(9-2-3-9)10-4-5-10/h8-10,13H,2-7H2,1H3,(H,18,19)(H2,15,16,17,20). The molecule has 0 saturated heterocycles. The monoisotopic (exact) mass is 282 g/mol. The third-order valence-electron chi connectivity index (χ3n) is 3.87. The van der Waals surface area contributed by atoms with Gasteiger partial charge in [-0.15, -0.1) is 0 Å². The Kier molecular flexibility index (Phi) is 4.62. The molecule has 6 heteroatoms. The minimum atomic E-state index is -0.933. The van der Waals surface area contributed by atoms with Gasteiger partial charge in [0.15, 0.2) is 0 Å². The zero-order valence-corrected chi connectivity index (χ0v) is 11.7.